The second kappa shape index (κ2) is 7.95. The number of rotatable bonds is 5. The van der Waals surface area contributed by atoms with Gasteiger partial charge in [-0.25, -0.2) is 0 Å². The number of amides is 1. The van der Waals surface area contributed by atoms with Crippen molar-refractivity contribution in [1.82, 2.24) is 4.90 Å². The van der Waals surface area contributed by atoms with Crippen LogP contribution in [0.2, 0.25) is 10.0 Å². The van der Waals surface area contributed by atoms with E-state index in [4.69, 9.17) is 32.7 Å². The van der Waals surface area contributed by atoms with Crippen LogP contribution < -0.4 is 14.8 Å². The number of ether oxygens (including phenoxy) is 2. The summed E-state index contributed by atoms with van der Waals surface area (Å²) in [6.07, 6.45) is -0.142. The van der Waals surface area contributed by atoms with Crippen LogP contribution in [0.4, 0.5) is 5.69 Å². The third-order valence-electron chi connectivity index (χ3n) is 3.72. The summed E-state index contributed by atoms with van der Waals surface area (Å²) >= 11 is 12.1. The van der Waals surface area contributed by atoms with Gasteiger partial charge in [0.2, 0.25) is 5.91 Å². The van der Waals surface area contributed by atoms with Gasteiger partial charge in [0, 0.05) is 6.54 Å². The molecule has 5 nitrogen and oxygen atoms in total. The molecule has 1 atom stereocenters. The van der Waals surface area contributed by atoms with Crippen molar-refractivity contribution in [2.45, 2.75) is 6.10 Å². The third kappa shape index (κ3) is 4.57. The minimum Gasteiger partial charge on any atom is -0.486 e. The Labute approximate surface area is 156 Å². The zero-order valence-corrected chi connectivity index (χ0v) is 15.2. The van der Waals surface area contributed by atoms with Gasteiger partial charge in [-0.2, -0.15) is 0 Å². The number of anilines is 1. The highest BCUT2D eigenvalue weighted by Gasteiger charge is 2.22. The van der Waals surface area contributed by atoms with E-state index in [2.05, 4.69) is 5.32 Å². The average Bonchev–Trinajstić information content (AvgIpc) is 2.58. The van der Waals surface area contributed by atoms with Crippen LogP contribution in [0.3, 0.4) is 0 Å². The maximum Gasteiger partial charge on any atom is 0.238 e. The Morgan fingerprint density at radius 2 is 1.84 bits per heavy atom. The molecule has 0 aromatic heterocycles. The van der Waals surface area contributed by atoms with Crippen LogP contribution in [0.5, 0.6) is 11.5 Å². The number of benzene rings is 2. The molecule has 2 aromatic rings. The topological polar surface area (TPSA) is 50.8 Å². The molecular formula is C18H18Cl2N2O3. The molecule has 132 valence electrons. The van der Waals surface area contributed by atoms with Crippen molar-refractivity contribution < 1.29 is 14.3 Å². The Kier molecular flexibility index (Phi) is 5.68. The van der Waals surface area contributed by atoms with Gasteiger partial charge in [-0.05, 0) is 31.3 Å². The summed E-state index contributed by atoms with van der Waals surface area (Å²) in [5, 5.41) is 3.56. The Morgan fingerprint density at radius 1 is 1.16 bits per heavy atom. The van der Waals surface area contributed by atoms with Crippen LogP contribution in [-0.4, -0.2) is 43.7 Å². The van der Waals surface area contributed by atoms with E-state index in [1.165, 1.54) is 0 Å². The lowest BCUT2D eigenvalue weighted by Crippen LogP contribution is -2.42. The molecule has 3 rings (SSSR count). The first-order valence-corrected chi connectivity index (χ1v) is 8.59. The normalized spacial score (nSPS) is 15.9. The van der Waals surface area contributed by atoms with Crippen LogP contribution in [0.25, 0.3) is 0 Å². The first-order valence-electron chi connectivity index (χ1n) is 7.84. The van der Waals surface area contributed by atoms with E-state index >= 15 is 0 Å². The molecule has 0 fully saturated rings. The highest BCUT2D eigenvalue weighted by Crippen LogP contribution is 2.31. The van der Waals surface area contributed by atoms with E-state index in [1.54, 1.807) is 18.2 Å². The molecule has 1 heterocycles. The van der Waals surface area contributed by atoms with Crippen molar-refractivity contribution in [1.29, 1.82) is 0 Å². The zero-order chi connectivity index (χ0) is 17.8. The van der Waals surface area contributed by atoms with Gasteiger partial charge in [0.05, 0.1) is 22.3 Å². The number of nitrogens with one attached hydrogen (secondary N) is 1. The van der Waals surface area contributed by atoms with E-state index in [0.717, 1.165) is 11.5 Å². The standard InChI is InChI=1S/C18H18Cl2N2O3/c1-22(9-12-11-24-15-7-2-3-8-16(15)25-12)10-17(23)21-18-13(19)5-4-6-14(18)20/h2-8,12H,9-11H2,1H3,(H,21,23)/t12-/m1/s1. The van der Waals surface area contributed by atoms with E-state index in [9.17, 15) is 4.79 Å². The van der Waals surface area contributed by atoms with E-state index in [-0.39, 0.29) is 18.6 Å². The van der Waals surface area contributed by atoms with Gasteiger partial charge < -0.3 is 14.8 Å². The van der Waals surface area contributed by atoms with E-state index in [0.29, 0.717) is 28.9 Å². The SMILES string of the molecule is CN(CC(=O)Nc1c(Cl)cccc1Cl)C[C@@H]1COc2ccccc2O1. The smallest absolute Gasteiger partial charge is 0.238 e. The molecule has 1 N–H and O–H groups in total. The maximum absolute atomic E-state index is 12.2. The highest BCUT2D eigenvalue weighted by atomic mass is 35.5. The minimum absolute atomic E-state index is 0.142. The Bertz CT molecular complexity index is 749. The second-order valence-corrected chi connectivity index (χ2v) is 6.65. The molecule has 1 amide bonds. The van der Waals surface area contributed by atoms with Crippen LogP contribution in [0.1, 0.15) is 0 Å². The summed E-state index contributed by atoms with van der Waals surface area (Å²) in [4.78, 5) is 14.1. The van der Waals surface area contributed by atoms with E-state index in [1.807, 2.05) is 36.2 Å². The van der Waals surface area contributed by atoms with Gasteiger partial charge in [-0.1, -0.05) is 41.4 Å². The van der Waals surface area contributed by atoms with Crippen molar-refractivity contribution in [3.63, 3.8) is 0 Å². The van der Waals surface area contributed by atoms with Gasteiger partial charge in [-0.15, -0.1) is 0 Å². The first-order chi connectivity index (χ1) is 12.0. The van der Waals surface area contributed by atoms with Crippen LogP contribution >= 0.6 is 23.2 Å². The number of carbonyl (C=O) groups excluding carboxylic acids is 1. The van der Waals surface area contributed by atoms with Crippen LogP contribution in [0.15, 0.2) is 42.5 Å². The van der Waals surface area contributed by atoms with Crippen molar-refractivity contribution >= 4 is 34.8 Å². The molecule has 0 saturated heterocycles. The maximum atomic E-state index is 12.2. The number of para-hydroxylation sites is 3. The van der Waals surface area contributed by atoms with Crippen LogP contribution in [-0.2, 0) is 4.79 Å². The summed E-state index contributed by atoms with van der Waals surface area (Å²) in [5.41, 5.74) is 0.426. The molecular weight excluding hydrogens is 363 g/mol. The largest absolute Gasteiger partial charge is 0.486 e. The lowest BCUT2D eigenvalue weighted by Gasteiger charge is -2.29. The fraction of sp³-hybridized carbons (Fsp3) is 0.278. The van der Waals surface area contributed by atoms with Crippen molar-refractivity contribution in [2.75, 3.05) is 32.1 Å². The highest BCUT2D eigenvalue weighted by molar-refractivity contribution is 6.39. The van der Waals surface area contributed by atoms with Crippen molar-refractivity contribution in [3.05, 3.63) is 52.5 Å². The molecule has 2 aromatic carbocycles. The van der Waals surface area contributed by atoms with Gasteiger partial charge >= 0.3 is 0 Å². The molecule has 7 heteroatoms. The second-order valence-electron chi connectivity index (χ2n) is 5.84. The summed E-state index contributed by atoms with van der Waals surface area (Å²) in [6.45, 7) is 1.18. The molecule has 0 unspecified atom stereocenters. The summed E-state index contributed by atoms with van der Waals surface area (Å²) in [6, 6.07) is 12.6. The molecule has 1 aliphatic heterocycles. The van der Waals surface area contributed by atoms with E-state index < -0.39 is 0 Å². The predicted molar refractivity (Wildman–Crippen MR) is 98.9 cm³/mol. The van der Waals surface area contributed by atoms with Crippen molar-refractivity contribution in [2.24, 2.45) is 0 Å². The molecule has 1 aliphatic rings. The quantitative estimate of drug-likeness (QED) is 0.858. The molecule has 0 saturated carbocycles. The lowest BCUT2D eigenvalue weighted by atomic mass is 10.2. The lowest BCUT2D eigenvalue weighted by molar-refractivity contribution is -0.117. The number of fused-ring (bicyclic) bond motifs is 1. The first kappa shape index (κ1) is 17.9. The summed E-state index contributed by atoms with van der Waals surface area (Å²) in [5.74, 6) is 1.27. The Hall–Kier alpha value is -1.95. The predicted octanol–water partition coefficient (Wildman–Crippen LogP) is 3.70. The number of halogens is 2. The summed E-state index contributed by atoms with van der Waals surface area (Å²) in [7, 11) is 1.84. The third-order valence-corrected chi connectivity index (χ3v) is 4.35. The van der Waals surface area contributed by atoms with Gasteiger partial charge in [0.25, 0.3) is 0 Å². The monoisotopic (exact) mass is 380 g/mol. The van der Waals surface area contributed by atoms with Gasteiger partial charge in [0.1, 0.15) is 12.7 Å². The van der Waals surface area contributed by atoms with Gasteiger partial charge in [0.15, 0.2) is 11.5 Å². The average molecular weight is 381 g/mol. The zero-order valence-electron chi connectivity index (χ0n) is 13.7. The Balaban J connectivity index is 1.53. The molecule has 25 heavy (non-hydrogen) atoms. The fourth-order valence-electron chi connectivity index (χ4n) is 2.61. The number of hydrogen-bond donors (Lipinski definition) is 1. The molecule has 0 spiro atoms. The fourth-order valence-corrected chi connectivity index (χ4v) is 3.10. The molecule has 0 radical (unpaired) electrons. The number of nitrogens with zero attached hydrogens (tertiary/aromatic N) is 1. The molecule has 0 aliphatic carbocycles. The van der Waals surface area contributed by atoms with Gasteiger partial charge in [-0.3, -0.25) is 9.69 Å². The number of hydrogen-bond acceptors (Lipinski definition) is 4. The number of carbonyl (C=O) groups is 1. The Morgan fingerprint density at radius 3 is 2.56 bits per heavy atom. The number of likely N-dealkylation sites (N-methyl/N-ethyl adjacent to an activating group) is 1. The van der Waals surface area contributed by atoms with Crippen LogP contribution in [0, 0.1) is 0 Å². The minimum atomic E-state index is -0.199. The van der Waals surface area contributed by atoms with Crippen molar-refractivity contribution in [3.8, 4) is 11.5 Å². The molecule has 0 bridgehead atoms. The summed E-state index contributed by atoms with van der Waals surface area (Å²) < 4.78 is 11.6.